The number of hydrogen-bond acceptors (Lipinski definition) is 2. The van der Waals surface area contributed by atoms with Crippen LogP contribution >= 0.6 is 0 Å². The number of Topliss-reactive ketones (excluding diaryl/α,β-unsaturated/α-hetero) is 1. The Morgan fingerprint density at radius 3 is 2.78 bits per heavy atom. The van der Waals surface area contributed by atoms with Crippen molar-refractivity contribution in [3.8, 4) is 5.75 Å². The molecule has 0 amide bonds. The fourth-order valence-corrected chi connectivity index (χ4v) is 2.68. The number of hydrogen-bond donors (Lipinski definition) is 0. The summed E-state index contributed by atoms with van der Waals surface area (Å²) in [5.41, 5.74) is 1.85. The van der Waals surface area contributed by atoms with Crippen molar-refractivity contribution in [1.29, 1.82) is 0 Å². The van der Waals surface area contributed by atoms with E-state index in [4.69, 9.17) is 4.74 Å². The molecule has 0 N–H and O–H groups in total. The summed E-state index contributed by atoms with van der Waals surface area (Å²) in [6, 6.07) is 5.82. The number of benzene rings is 1. The minimum Gasteiger partial charge on any atom is -0.490 e. The normalized spacial score (nSPS) is 23.7. The van der Waals surface area contributed by atoms with Gasteiger partial charge in [-0.2, -0.15) is 0 Å². The average Bonchev–Trinajstić information content (AvgIpc) is 2.28. The van der Waals surface area contributed by atoms with Crippen LogP contribution in [0.4, 0.5) is 0 Å². The van der Waals surface area contributed by atoms with Crippen LogP contribution in [0.5, 0.6) is 5.75 Å². The molecule has 2 heteroatoms. The van der Waals surface area contributed by atoms with Gasteiger partial charge in [-0.25, -0.2) is 0 Å². The van der Waals surface area contributed by atoms with Gasteiger partial charge in [0.05, 0.1) is 11.7 Å². The molecule has 2 atom stereocenters. The highest BCUT2D eigenvalue weighted by molar-refractivity contribution is 5.96. The zero-order valence-corrected chi connectivity index (χ0v) is 11.5. The summed E-state index contributed by atoms with van der Waals surface area (Å²) in [5, 5.41) is 0. The second-order valence-electron chi connectivity index (χ2n) is 5.57. The lowest BCUT2D eigenvalue weighted by atomic mass is 9.88. The maximum absolute atomic E-state index is 11.6. The average molecular weight is 246 g/mol. The van der Waals surface area contributed by atoms with Crippen molar-refractivity contribution >= 4 is 5.78 Å². The number of aryl methyl sites for hydroxylation is 1. The molecule has 1 aromatic rings. The van der Waals surface area contributed by atoms with Crippen LogP contribution in [0.15, 0.2) is 18.2 Å². The maximum Gasteiger partial charge on any atom is 0.163 e. The highest BCUT2D eigenvalue weighted by Gasteiger charge is 2.21. The van der Waals surface area contributed by atoms with Crippen molar-refractivity contribution in [2.24, 2.45) is 5.92 Å². The van der Waals surface area contributed by atoms with Crippen LogP contribution in [-0.2, 0) is 0 Å². The van der Waals surface area contributed by atoms with Crippen molar-refractivity contribution in [2.45, 2.75) is 52.6 Å². The molecule has 1 aliphatic carbocycles. The molecule has 2 rings (SSSR count). The second-order valence-corrected chi connectivity index (χ2v) is 5.57. The van der Waals surface area contributed by atoms with Gasteiger partial charge >= 0.3 is 0 Å². The number of rotatable bonds is 3. The Balaban J connectivity index is 2.16. The molecule has 1 aromatic carbocycles. The fraction of sp³-hybridized carbons (Fsp3) is 0.562. The lowest BCUT2D eigenvalue weighted by molar-refractivity contribution is 0.0993. The Morgan fingerprint density at radius 1 is 1.33 bits per heavy atom. The zero-order chi connectivity index (χ0) is 13.1. The quantitative estimate of drug-likeness (QED) is 0.749. The topological polar surface area (TPSA) is 26.3 Å². The van der Waals surface area contributed by atoms with Gasteiger partial charge in [-0.1, -0.05) is 19.4 Å². The molecule has 2 unspecified atom stereocenters. The van der Waals surface area contributed by atoms with Crippen molar-refractivity contribution in [2.75, 3.05) is 0 Å². The number of ketones is 1. The largest absolute Gasteiger partial charge is 0.490 e. The van der Waals surface area contributed by atoms with E-state index in [2.05, 4.69) is 6.92 Å². The predicted octanol–water partition coefficient (Wildman–Crippen LogP) is 4.16. The third-order valence-corrected chi connectivity index (χ3v) is 3.70. The molecule has 1 aliphatic rings. The summed E-state index contributed by atoms with van der Waals surface area (Å²) in [4.78, 5) is 11.6. The maximum atomic E-state index is 11.6. The van der Waals surface area contributed by atoms with E-state index in [1.807, 2.05) is 25.1 Å². The summed E-state index contributed by atoms with van der Waals surface area (Å²) in [5.74, 6) is 1.57. The SMILES string of the molecule is CC(=O)c1ccc(C)cc1OC1CCCC(C)C1. The van der Waals surface area contributed by atoms with Gasteiger partial charge in [0.2, 0.25) is 0 Å². The third-order valence-electron chi connectivity index (χ3n) is 3.70. The van der Waals surface area contributed by atoms with Crippen molar-refractivity contribution in [3.63, 3.8) is 0 Å². The van der Waals surface area contributed by atoms with E-state index in [0.29, 0.717) is 5.56 Å². The third kappa shape index (κ3) is 3.12. The fourth-order valence-electron chi connectivity index (χ4n) is 2.68. The van der Waals surface area contributed by atoms with Gasteiger partial charge in [0, 0.05) is 0 Å². The van der Waals surface area contributed by atoms with Crippen LogP contribution in [-0.4, -0.2) is 11.9 Å². The van der Waals surface area contributed by atoms with Gasteiger partial charge in [0.15, 0.2) is 5.78 Å². The Morgan fingerprint density at radius 2 is 2.11 bits per heavy atom. The Kier molecular flexibility index (Phi) is 4.05. The molecule has 1 fully saturated rings. The second kappa shape index (κ2) is 5.55. The van der Waals surface area contributed by atoms with E-state index in [-0.39, 0.29) is 11.9 Å². The van der Waals surface area contributed by atoms with Gasteiger partial charge in [-0.05, 0) is 56.7 Å². The van der Waals surface area contributed by atoms with E-state index in [9.17, 15) is 4.79 Å². The van der Waals surface area contributed by atoms with Gasteiger partial charge in [0.25, 0.3) is 0 Å². The minimum atomic E-state index is 0.0776. The van der Waals surface area contributed by atoms with Gasteiger partial charge in [-0.15, -0.1) is 0 Å². The van der Waals surface area contributed by atoms with Crippen LogP contribution < -0.4 is 4.74 Å². The monoisotopic (exact) mass is 246 g/mol. The first-order valence-electron chi connectivity index (χ1n) is 6.84. The first-order chi connectivity index (χ1) is 8.56. The summed E-state index contributed by atoms with van der Waals surface area (Å²) >= 11 is 0. The molecule has 0 spiro atoms. The zero-order valence-electron chi connectivity index (χ0n) is 11.5. The number of carbonyl (C=O) groups excluding carboxylic acids is 1. The molecule has 0 radical (unpaired) electrons. The molecular formula is C16H22O2. The van der Waals surface area contributed by atoms with E-state index in [1.165, 1.54) is 12.8 Å². The van der Waals surface area contributed by atoms with Crippen molar-refractivity contribution in [3.05, 3.63) is 29.3 Å². The molecule has 0 aromatic heterocycles. The summed E-state index contributed by atoms with van der Waals surface area (Å²) in [7, 11) is 0. The molecule has 2 nitrogen and oxygen atoms in total. The van der Waals surface area contributed by atoms with Crippen LogP contribution in [0.3, 0.4) is 0 Å². The number of carbonyl (C=O) groups is 1. The Bertz CT molecular complexity index is 437. The molecule has 18 heavy (non-hydrogen) atoms. The van der Waals surface area contributed by atoms with Crippen LogP contribution in [0.25, 0.3) is 0 Å². The van der Waals surface area contributed by atoms with Crippen LogP contribution in [0.1, 0.15) is 55.5 Å². The van der Waals surface area contributed by atoms with E-state index >= 15 is 0 Å². The first kappa shape index (κ1) is 13.1. The van der Waals surface area contributed by atoms with Crippen LogP contribution in [0.2, 0.25) is 0 Å². The standard InChI is InChI=1S/C16H22O2/c1-11-5-4-6-14(9-11)18-16-10-12(2)7-8-15(16)13(3)17/h7-8,10-11,14H,4-6,9H2,1-3H3. The minimum absolute atomic E-state index is 0.0776. The number of ether oxygens (including phenoxy) is 1. The molecule has 1 saturated carbocycles. The predicted molar refractivity (Wildman–Crippen MR) is 73.2 cm³/mol. The summed E-state index contributed by atoms with van der Waals surface area (Å²) in [6.07, 6.45) is 5.01. The molecule has 0 saturated heterocycles. The highest BCUT2D eigenvalue weighted by Crippen LogP contribution is 2.29. The summed E-state index contributed by atoms with van der Waals surface area (Å²) < 4.78 is 6.08. The van der Waals surface area contributed by atoms with Gasteiger partial charge in [0.1, 0.15) is 5.75 Å². The molecule has 0 heterocycles. The van der Waals surface area contributed by atoms with Crippen molar-refractivity contribution < 1.29 is 9.53 Å². The first-order valence-corrected chi connectivity index (χ1v) is 6.84. The van der Waals surface area contributed by atoms with Gasteiger partial charge < -0.3 is 4.74 Å². The van der Waals surface area contributed by atoms with Crippen LogP contribution in [0, 0.1) is 12.8 Å². The highest BCUT2D eigenvalue weighted by atomic mass is 16.5. The molecule has 0 bridgehead atoms. The smallest absolute Gasteiger partial charge is 0.163 e. The van der Waals surface area contributed by atoms with Gasteiger partial charge in [-0.3, -0.25) is 4.79 Å². The molecule has 0 aliphatic heterocycles. The Labute approximate surface area is 109 Å². The molecule has 98 valence electrons. The molecular weight excluding hydrogens is 224 g/mol. The lowest BCUT2D eigenvalue weighted by Gasteiger charge is -2.28. The van der Waals surface area contributed by atoms with E-state index in [1.54, 1.807) is 6.92 Å². The van der Waals surface area contributed by atoms with E-state index < -0.39 is 0 Å². The lowest BCUT2D eigenvalue weighted by Crippen LogP contribution is -2.24. The summed E-state index contributed by atoms with van der Waals surface area (Å²) in [6.45, 7) is 5.90. The Hall–Kier alpha value is -1.31. The van der Waals surface area contributed by atoms with E-state index in [0.717, 1.165) is 30.1 Å². The van der Waals surface area contributed by atoms with Crippen molar-refractivity contribution in [1.82, 2.24) is 0 Å².